The second-order valence-electron chi connectivity index (χ2n) is 4.27. The van der Waals surface area contributed by atoms with Crippen LogP contribution >= 0.6 is 0 Å². The largest absolute Gasteiger partial charge is 0.304 e. The summed E-state index contributed by atoms with van der Waals surface area (Å²) in [4.78, 5) is 0. The molecule has 0 atom stereocenters. The Balaban J connectivity index is 0. The summed E-state index contributed by atoms with van der Waals surface area (Å²) in [6, 6.07) is 0. The zero-order chi connectivity index (χ0) is 13.4. The van der Waals surface area contributed by atoms with Crippen LogP contribution in [0.1, 0.15) is 73.1 Å². The second kappa shape index (κ2) is 18.3. The lowest BCUT2D eigenvalue weighted by Crippen LogP contribution is -2.37. The van der Waals surface area contributed by atoms with E-state index in [0.29, 0.717) is 0 Å². The molecule has 0 spiro atoms. The quantitative estimate of drug-likeness (QED) is 0.668. The van der Waals surface area contributed by atoms with Crippen LogP contribution in [0.15, 0.2) is 0 Å². The Bertz CT molecular complexity index is 94.0. The molecule has 2 aliphatic rings. The third-order valence-corrected chi connectivity index (χ3v) is 2.85. The molecule has 0 aromatic rings. The van der Waals surface area contributed by atoms with Crippen LogP contribution in [0, 0.1) is 5.92 Å². The standard InChI is InChI=1S/C7H14.C4H10N2.2C2H6/c1-7-5-3-2-4-6-7;1-2-5-4-6-3-1;2*1-2/h7H,2-6H2,1H3;5-6H,1-4H2;2*1-2H3. The van der Waals surface area contributed by atoms with Gasteiger partial charge in [0, 0.05) is 6.67 Å². The number of hydrogen-bond acceptors (Lipinski definition) is 2. The molecule has 0 amide bonds. The molecule has 2 heteroatoms. The van der Waals surface area contributed by atoms with Gasteiger partial charge in [0.15, 0.2) is 0 Å². The first kappa shape index (κ1) is 19.3. The van der Waals surface area contributed by atoms with Crippen molar-refractivity contribution in [1.82, 2.24) is 10.6 Å². The van der Waals surface area contributed by atoms with Gasteiger partial charge in [0.1, 0.15) is 0 Å². The zero-order valence-electron chi connectivity index (χ0n) is 12.9. The second-order valence-corrected chi connectivity index (χ2v) is 4.27. The van der Waals surface area contributed by atoms with Gasteiger partial charge in [-0.2, -0.15) is 0 Å². The molecule has 0 unspecified atom stereocenters. The molecule has 1 aliphatic heterocycles. The van der Waals surface area contributed by atoms with Crippen LogP contribution in [0.4, 0.5) is 0 Å². The first-order chi connectivity index (χ1) is 8.39. The van der Waals surface area contributed by atoms with Gasteiger partial charge < -0.3 is 10.6 Å². The van der Waals surface area contributed by atoms with Gasteiger partial charge in [-0.3, -0.25) is 0 Å². The maximum absolute atomic E-state index is 3.17. The fraction of sp³-hybridized carbons (Fsp3) is 1.00. The van der Waals surface area contributed by atoms with Gasteiger partial charge in [-0.15, -0.1) is 0 Å². The molecule has 1 saturated carbocycles. The first-order valence-electron chi connectivity index (χ1n) is 7.81. The highest BCUT2D eigenvalue weighted by Crippen LogP contribution is 2.22. The lowest BCUT2D eigenvalue weighted by Gasteiger charge is -2.15. The molecule has 2 rings (SSSR count). The van der Waals surface area contributed by atoms with Crippen molar-refractivity contribution in [2.24, 2.45) is 5.92 Å². The highest BCUT2D eigenvalue weighted by molar-refractivity contribution is 4.59. The van der Waals surface area contributed by atoms with Crippen LogP contribution in [0.25, 0.3) is 0 Å². The van der Waals surface area contributed by atoms with Gasteiger partial charge in [0.2, 0.25) is 0 Å². The smallest absolute Gasteiger partial charge is 0.0454 e. The van der Waals surface area contributed by atoms with Crippen molar-refractivity contribution >= 4 is 0 Å². The molecule has 0 aromatic heterocycles. The van der Waals surface area contributed by atoms with Crippen molar-refractivity contribution in [2.75, 3.05) is 19.8 Å². The maximum atomic E-state index is 3.17. The van der Waals surface area contributed by atoms with Crippen molar-refractivity contribution in [3.05, 3.63) is 0 Å². The van der Waals surface area contributed by atoms with Crippen LogP contribution in [-0.2, 0) is 0 Å². The summed E-state index contributed by atoms with van der Waals surface area (Å²) in [6.07, 6.45) is 8.71. The SMILES string of the molecule is C1CNCNC1.CC.CC.CC1CCCCC1. The zero-order valence-corrected chi connectivity index (χ0v) is 12.9. The highest BCUT2D eigenvalue weighted by Gasteiger charge is 2.05. The predicted octanol–water partition coefficient (Wildman–Crippen LogP) is 4.17. The average molecular weight is 244 g/mol. The predicted molar refractivity (Wildman–Crippen MR) is 80.4 cm³/mol. The minimum Gasteiger partial charge on any atom is -0.304 e. The van der Waals surface area contributed by atoms with Crippen LogP contribution < -0.4 is 10.6 Å². The Morgan fingerprint density at radius 2 is 1.18 bits per heavy atom. The molecule has 0 aromatic carbocycles. The van der Waals surface area contributed by atoms with Crippen LogP contribution in [0.2, 0.25) is 0 Å². The van der Waals surface area contributed by atoms with E-state index in [-0.39, 0.29) is 0 Å². The molecule has 2 nitrogen and oxygen atoms in total. The molecule has 0 bridgehead atoms. The molecular formula is C15H36N2. The van der Waals surface area contributed by atoms with E-state index in [4.69, 9.17) is 0 Å². The summed E-state index contributed by atoms with van der Waals surface area (Å²) < 4.78 is 0. The fourth-order valence-corrected chi connectivity index (χ4v) is 1.91. The Morgan fingerprint density at radius 3 is 1.35 bits per heavy atom. The lowest BCUT2D eigenvalue weighted by molar-refractivity contribution is 0.385. The van der Waals surface area contributed by atoms with Gasteiger partial charge in [-0.25, -0.2) is 0 Å². The monoisotopic (exact) mass is 244 g/mol. The van der Waals surface area contributed by atoms with E-state index >= 15 is 0 Å². The summed E-state index contributed by atoms with van der Waals surface area (Å²) in [6.45, 7) is 13.7. The van der Waals surface area contributed by atoms with Crippen molar-refractivity contribution in [1.29, 1.82) is 0 Å². The number of rotatable bonds is 0. The summed E-state index contributed by atoms with van der Waals surface area (Å²) >= 11 is 0. The Labute approximate surface area is 110 Å². The number of nitrogens with one attached hydrogen (secondary N) is 2. The van der Waals surface area contributed by atoms with Crippen molar-refractivity contribution in [2.45, 2.75) is 73.1 Å². The average Bonchev–Trinajstić information content (AvgIpc) is 2.47. The third-order valence-electron chi connectivity index (χ3n) is 2.85. The van der Waals surface area contributed by atoms with E-state index in [1.807, 2.05) is 27.7 Å². The maximum Gasteiger partial charge on any atom is 0.0454 e. The van der Waals surface area contributed by atoms with Gasteiger partial charge >= 0.3 is 0 Å². The van der Waals surface area contributed by atoms with Crippen LogP contribution in [0.5, 0.6) is 0 Å². The number of hydrogen-bond donors (Lipinski definition) is 2. The van der Waals surface area contributed by atoms with Gasteiger partial charge in [0.25, 0.3) is 0 Å². The normalized spacial score (nSPS) is 19.6. The molecule has 1 heterocycles. The van der Waals surface area contributed by atoms with Crippen LogP contribution in [0.3, 0.4) is 0 Å². The molecule has 17 heavy (non-hydrogen) atoms. The van der Waals surface area contributed by atoms with Crippen molar-refractivity contribution in [3.63, 3.8) is 0 Å². The highest BCUT2D eigenvalue weighted by atomic mass is 15.1. The van der Waals surface area contributed by atoms with Crippen molar-refractivity contribution in [3.8, 4) is 0 Å². The summed E-state index contributed by atoms with van der Waals surface area (Å²) in [5.41, 5.74) is 0. The lowest BCUT2D eigenvalue weighted by atomic mass is 9.91. The van der Waals surface area contributed by atoms with E-state index in [1.165, 1.54) is 51.6 Å². The molecule has 0 radical (unpaired) electrons. The summed E-state index contributed by atoms with van der Waals surface area (Å²) in [7, 11) is 0. The molecule has 106 valence electrons. The van der Waals surface area contributed by atoms with E-state index in [0.717, 1.165) is 12.6 Å². The first-order valence-corrected chi connectivity index (χ1v) is 7.81. The van der Waals surface area contributed by atoms with E-state index < -0.39 is 0 Å². The molecule has 1 saturated heterocycles. The third kappa shape index (κ3) is 15.9. The Kier molecular flexibility index (Phi) is 20.7. The topological polar surface area (TPSA) is 24.1 Å². The Hall–Kier alpha value is -0.0800. The summed E-state index contributed by atoms with van der Waals surface area (Å²) in [5, 5.41) is 6.35. The van der Waals surface area contributed by atoms with Gasteiger partial charge in [-0.05, 0) is 25.4 Å². The minimum atomic E-state index is 1.00. The van der Waals surface area contributed by atoms with Gasteiger partial charge in [-0.1, -0.05) is 66.7 Å². The van der Waals surface area contributed by atoms with Crippen LogP contribution in [-0.4, -0.2) is 19.8 Å². The molecule has 1 aliphatic carbocycles. The van der Waals surface area contributed by atoms with E-state index in [2.05, 4.69) is 17.6 Å². The Morgan fingerprint density at radius 1 is 0.706 bits per heavy atom. The van der Waals surface area contributed by atoms with E-state index in [1.54, 1.807) is 0 Å². The molecule has 2 N–H and O–H groups in total. The fourth-order valence-electron chi connectivity index (χ4n) is 1.91. The molecule has 2 fully saturated rings. The van der Waals surface area contributed by atoms with E-state index in [9.17, 15) is 0 Å². The summed E-state index contributed by atoms with van der Waals surface area (Å²) in [5.74, 6) is 1.04. The van der Waals surface area contributed by atoms with Gasteiger partial charge in [0.05, 0.1) is 0 Å². The minimum absolute atomic E-state index is 1.00. The molecular weight excluding hydrogens is 208 g/mol. The van der Waals surface area contributed by atoms with Crippen molar-refractivity contribution < 1.29 is 0 Å².